The Kier molecular flexibility index (Phi) is 24.8. The van der Waals surface area contributed by atoms with Crippen molar-refractivity contribution in [3.05, 3.63) is 417 Å². The molecule has 0 amide bonds. The number of rotatable bonds is 12. The van der Waals surface area contributed by atoms with Crippen molar-refractivity contribution in [2.45, 2.75) is 93.3 Å². The number of hydrogen-bond donors (Lipinski definition) is 1. The number of phenolic OH excluding ortho intramolecular Hbond substituents is 1. The predicted octanol–water partition coefficient (Wildman–Crippen LogP) is 22.9. The molecule has 4 aliphatic rings. The van der Waals surface area contributed by atoms with Crippen molar-refractivity contribution >= 4 is 54.5 Å². The summed E-state index contributed by atoms with van der Waals surface area (Å²) in [5, 5.41) is 10.2. The summed E-state index contributed by atoms with van der Waals surface area (Å²) in [6.07, 6.45) is 17.4. The van der Waals surface area contributed by atoms with E-state index in [2.05, 4.69) is 207 Å². The summed E-state index contributed by atoms with van der Waals surface area (Å²) in [6, 6.07) is 109. The van der Waals surface area contributed by atoms with E-state index in [1.165, 1.54) is 98.2 Å². The number of fused-ring (bicyclic) bond motifs is 4. The van der Waals surface area contributed by atoms with Crippen molar-refractivity contribution in [3.8, 4) is 23.0 Å². The average molecular weight is 1480 g/mol. The van der Waals surface area contributed by atoms with Gasteiger partial charge < -0.3 is 19.3 Å². The highest BCUT2D eigenvalue weighted by Gasteiger charge is 2.48. The molecule has 1 N–H and O–H groups in total. The highest BCUT2D eigenvalue weighted by atomic mass is 32.2. The number of phenols is 1. The molecule has 0 spiro atoms. The summed E-state index contributed by atoms with van der Waals surface area (Å²) in [4.78, 5) is 15.4. The molecule has 6 atom stereocenters. The number of hydrogen-bond acceptors (Lipinski definition) is 4. The van der Waals surface area contributed by atoms with Gasteiger partial charge in [-0.15, -0.1) is 0 Å². The largest absolute Gasteiger partial charge is 0.508 e. The molecule has 0 saturated carbocycles. The molecule has 4 nitrogen and oxygen atoms in total. The van der Waals surface area contributed by atoms with Gasteiger partial charge >= 0.3 is 0 Å². The van der Waals surface area contributed by atoms with E-state index in [0.717, 1.165) is 36.8 Å². The number of ether oxygens (including phenoxy) is 3. The number of benzene rings is 13. The van der Waals surface area contributed by atoms with Gasteiger partial charge in [0.1, 0.15) is 34.8 Å². The minimum Gasteiger partial charge on any atom is -0.508 e. The first-order valence-corrected chi connectivity index (χ1v) is 40.4. The van der Waals surface area contributed by atoms with Crippen LogP contribution in [0, 0.1) is 30.2 Å². The van der Waals surface area contributed by atoms with E-state index in [4.69, 9.17) is 14.2 Å². The van der Waals surface area contributed by atoms with Gasteiger partial charge in [-0.3, -0.25) is 0 Å². The first-order chi connectivity index (χ1) is 51.5. The number of aryl methyl sites for hydroxylation is 1. The van der Waals surface area contributed by atoms with Crippen molar-refractivity contribution in [3.63, 3.8) is 0 Å². The zero-order valence-corrected chi connectivity index (χ0v) is 61.6. The van der Waals surface area contributed by atoms with Crippen LogP contribution in [0.1, 0.15) is 5.56 Å². The molecule has 6 unspecified atom stereocenters. The van der Waals surface area contributed by atoms with Crippen molar-refractivity contribution in [2.75, 3.05) is 7.11 Å². The van der Waals surface area contributed by atoms with Crippen LogP contribution in [0.4, 0.5) is 17.6 Å². The third-order valence-electron chi connectivity index (χ3n) is 17.1. The van der Waals surface area contributed by atoms with Crippen molar-refractivity contribution in [2.24, 2.45) is 0 Å². The lowest BCUT2D eigenvalue weighted by molar-refractivity contribution is 0.242. The van der Waals surface area contributed by atoms with E-state index >= 15 is 0 Å². The van der Waals surface area contributed by atoms with Gasteiger partial charge in [0.25, 0.3) is 0 Å². The molecule has 0 fully saturated rings. The third-order valence-corrected chi connectivity index (χ3v) is 28.9. The molecule has 2 heterocycles. The lowest BCUT2D eigenvalue weighted by atomic mass is 10.1. The van der Waals surface area contributed by atoms with Crippen LogP contribution in [0.25, 0.3) is 0 Å². The second-order valence-electron chi connectivity index (χ2n) is 24.2. The Morgan fingerprint density at radius 2 is 0.571 bits per heavy atom. The van der Waals surface area contributed by atoms with Crippen LogP contribution < -0.4 is 14.2 Å². The van der Waals surface area contributed by atoms with E-state index in [1.54, 1.807) is 55.6 Å². The van der Waals surface area contributed by atoms with E-state index in [-0.39, 0.29) is 79.1 Å². The minimum absolute atomic E-state index is 0.0292. The van der Waals surface area contributed by atoms with Gasteiger partial charge in [-0.25, -0.2) is 17.6 Å². The Morgan fingerprint density at radius 1 is 0.305 bits per heavy atom. The Labute approximate surface area is 627 Å². The zero-order valence-electron chi connectivity index (χ0n) is 57.5. The lowest BCUT2D eigenvalue weighted by Crippen LogP contribution is -2.40. The molecule has 17 rings (SSSR count). The maximum absolute atomic E-state index is 13.2. The first kappa shape index (κ1) is 72.8. The van der Waals surface area contributed by atoms with Crippen LogP contribution in [0.15, 0.2) is 452 Å². The summed E-state index contributed by atoms with van der Waals surface area (Å²) in [5.41, 5.74) is 1.31. The van der Waals surface area contributed by atoms with Crippen molar-refractivity contribution in [1.29, 1.82) is 0 Å². The average Bonchev–Trinajstić information content (AvgIpc) is 0.775. The zero-order chi connectivity index (χ0) is 72.3. The lowest BCUT2D eigenvalue weighted by Gasteiger charge is -2.30. The summed E-state index contributed by atoms with van der Waals surface area (Å²) in [7, 11) is 0.835. The molecule has 13 aromatic rings. The standard InChI is InChI=1S/2C19H17OS.C18H12F3S.C18H14FS.C18H14O2S/c1-14-10-12-15(13-11-14)21-18-8-4-2-6-16(18)20-17-7-3-5-9-19(17)21;1-20-16-12-14-19(15-13-16)21(17-8-4-2-5-9-17)18-10-6-3-7-11-18;19-13-1-7-16(8-2-13)22(17-9-3-14(20)4-10-17)18-11-5-15(21)6-12-18;19-15-11-13-18(14-12-15)20(16-7-3-1-4-8-16)17-9-5-2-6-10-17;19-13-9-11-14(12-10-13)21-17-7-3-1-5-15(17)20-16-6-2-4-8-18(16)21/h2-13,16,18H,1H3;2-15H,1H3;1-12H;1-14H;1-12,15,17H/q4*+1;/p+1. The molecule has 520 valence electrons. The first-order valence-electron chi connectivity index (χ1n) is 34.1. The minimum atomic E-state index is -0.539. The Hall–Kier alpha value is -10.5. The van der Waals surface area contributed by atoms with Crippen LogP contribution >= 0.6 is 0 Å². The summed E-state index contributed by atoms with van der Waals surface area (Å²) >= 11 is 0. The monoisotopic (exact) mass is 1480 g/mol. The molecule has 0 bridgehead atoms. The third kappa shape index (κ3) is 18.5. The topological polar surface area (TPSA) is 47.9 Å². The van der Waals surface area contributed by atoms with E-state index in [0.29, 0.717) is 16.2 Å². The second-order valence-corrected chi connectivity index (χ2v) is 34.5. The molecule has 2 aliphatic heterocycles. The highest BCUT2D eigenvalue weighted by molar-refractivity contribution is 7.98. The van der Waals surface area contributed by atoms with Crippen LogP contribution in [-0.2, 0) is 54.5 Å². The summed E-state index contributed by atoms with van der Waals surface area (Å²) in [6.45, 7) is 2.14. The quantitative estimate of drug-likeness (QED) is 0.0978. The van der Waals surface area contributed by atoms with Crippen LogP contribution in [0.5, 0.6) is 23.0 Å². The molecule has 0 aromatic heterocycles. The predicted molar refractivity (Wildman–Crippen MR) is 424 cm³/mol. The van der Waals surface area contributed by atoms with Gasteiger partial charge in [-0.05, 0) is 262 Å². The number of methoxy groups -OCH3 is 1. The van der Waals surface area contributed by atoms with Gasteiger partial charge in [0.2, 0.25) is 9.79 Å². The molecule has 0 saturated heterocycles. The van der Waals surface area contributed by atoms with Crippen molar-refractivity contribution in [1.82, 2.24) is 0 Å². The fourth-order valence-electron chi connectivity index (χ4n) is 12.1. The Balaban J connectivity index is 0.000000116. The second kappa shape index (κ2) is 35.8. The van der Waals surface area contributed by atoms with Gasteiger partial charge in [0.15, 0.2) is 88.1 Å². The van der Waals surface area contributed by atoms with E-state index < -0.39 is 10.9 Å². The molecule has 13 aromatic carbocycles. The SMILES string of the molecule is COc1ccc([S+](c2ccccc2)c2ccccc2)cc1.Cc1ccc([S+]2c3ccccc3OC3C=CC=CC32)cc1.Fc1ccc([S+](c2ccc(F)cc2)c2ccc(F)cc2)cc1.Fc1ccc([S+](c2ccccc2)c2ccccc2)cc1.Oc1ccc([S+]2c3ccccc3OC3C=CC=CC32)cc1. The smallest absolute Gasteiger partial charge is 0.203 e. The van der Waals surface area contributed by atoms with Gasteiger partial charge in [0.05, 0.1) is 61.6 Å². The summed E-state index contributed by atoms with van der Waals surface area (Å²) < 4.78 is 70.2. The van der Waals surface area contributed by atoms with Crippen LogP contribution in [0.3, 0.4) is 0 Å². The van der Waals surface area contributed by atoms with Gasteiger partial charge in [0, 0.05) is 0 Å². The van der Waals surface area contributed by atoms with Gasteiger partial charge in [-0.2, -0.15) is 0 Å². The van der Waals surface area contributed by atoms with Crippen LogP contribution in [-0.4, -0.2) is 34.9 Å². The number of para-hydroxylation sites is 2. The Bertz CT molecular complexity index is 4710. The van der Waals surface area contributed by atoms with E-state index in [9.17, 15) is 22.7 Å². The van der Waals surface area contributed by atoms with Crippen molar-refractivity contribution < 1.29 is 36.9 Å². The molecule has 105 heavy (non-hydrogen) atoms. The fraction of sp³-hybridized carbons (Fsp3) is 0.0652. The number of aromatic hydroxyl groups is 1. The molecule has 2 aliphatic carbocycles. The van der Waals surface area contributed by atoms with E-state index in [1.807, 2.05) is 91.0 Å². The molecular weight excluding hydrogens is 1410 g/mol. The van der Waals surface area contributed by atoms with Crippen LogP contribution in [0.2, 0.25) is 0 Å². The maximum atomic E-state index is 13.2. The van der Waals surface area contributed by atoms with Gasteiger partial charge in [-0.1, -0.05) is 139 Å². The molecule has 0 radical (unpaired) electrons. The number of halogens is 4. The summed E-state index contributed by atoms with van der Waals surface area (Å²) in [5.74, 6) is 2.06. The maximum Gasteiger partial charge on any atom is 0.203 e. The Morgan fingerprint density at radius 3 is 0.886 bits per heavy atom. The highest BCUT2D eigenvalue weighted by Crippen LogP contribution is 2.45. The fourth-order valence-corrected chi connectivity index (χ4v) is 23.3. The molecular formula is C92H75F4O4S5+5. The molecule has 13 heteroatoms. The number of allylic oxidation sites excluding steroid dienone is 4. The normalized spacial score (nSPS) is 16.8.